The Morgan fingerprint density at radius 1 is 1.07 bits per heavy atom. The van der Waals surface area contributed by atoms with Crippen LogP contribution in [0.3, 0.4) is 0 Å². The quantitative estimate of drug-likeness (QED) is 0.600. The van der Waals surface area contributed by atoms with Gasteiger partial charge in [-0.15, -0.1) is 0 Å². The van der Waals surface area contributed by atoms with Crippen molar-refractivity contribution in [1.29, 1.82) is 0 Å². The van der Waals surface area contributed by atoms with E-state index >= 15 is 0 Å². The number of benzene rings is 2. The molecular weight excluding hydrogens is 372 g/mol. The van der Waals surface area contributed by atoms with E-state index in [0.29, 0.717) is 29.8 Å². The molecule has 2 aromatic rings. The lowest BCUT2D eigenvalue weighted by atomic mass is 10.1. The van der Waals surface area contributed by atoms with E-state index in [9.17, 15) is 19.2 Å². The fourth-order valence-corrected chi connectivity index (χ4v) is 3.04. The summed E-state index contributed by atoms with van der Waals surface area (Å²) < 4.78 is 5.24. The van der Waals surface area contributed by atoms with Gasteiger partial charge in [-0.1, -0.05) is 12.1 Å². The van der Waals surface area contributed by atoms with Crippen molar-refractivity contribution in [2.45, 2.75) is 32.8 Å². The summed E-state index contributed by atoms with van der Waals surface area (Å²) in [6.07, 6.45) is 0.333. The third-order valence-electron chi connectivity index (χ3n) is 4.68. The molecule has 1 N–H and O–H groups in total. The van der Waals surface area contributed by atoms with Crippen LogP contribution in [0, 0.1) is 0 Å². The van der Waals surface area contributed by atoms with Gasteiger partial charge in [-0.25, -0.2) is 4.79 Å². The zero-order valence-electron chi connectivity index (χ0n) is 16.3. The molecule has 3 rings (SSSR count). The van der Waals surface area contributed by atoms with Crippen molar-refractivity contribution in [1.82, 2.24) is 0 Å². The number of hydrogen-bond acceptors (Lipinski definition) is 5. The van der Waals surface area contributed by atoms with Crippen LogP contribution >= 0.6 is 0 Å². The lowest BCUT2D eigenvalue weighted by molar-refractivity contribution is -0.123. The van der Waals surface area contributed by atoms with Crippen LogP contribution in [0.5, 0.6) is 0 Å². The van der Waals surface area contributed by atoms with Crippen LogP contribution in [-0.2, 0) is 14.3 Å². The van der Waals surface area contributed by atoms with Gasteiger partial charge in [0.1, 0.15) is 0 Å². The SMILES string of the molecule is CC(=O)c1cccc(NC(=O)[C@@H](C)OC(=O)c2ccc(N3CCCC3=O)cc2)c1. The molecule has 0 radical (unpaired) electrons. The number of carbonyl (C=O) groups is 4. The summed E-state index contributed by atoms with van der Waals surface area (Å²) in [6, 6.07) is 13.1. The zero-order chi connectivity index (χ0) is 21.0. The maximum absolute atomic E-state index is 12.3. The molecule has 0 aliphatic carbocycles. The predicted octanol–water partition coefficient (Wildman–Crippen LogP) is 3.20. The third kappa shape index (κ3) is 4.87. The molecule has 2 amide bonds. The highest BCUT2D eigenvalue weighted by atomic mass is 16.5. The molecular formula is C22H22N2O5. The van der Waals surface area contributed by atoms with Gasteiger partial charge in [-0.05, 0) is 56.7 Å². The number of rotatable bonds is 6. The highest BCUT2D eigenvalue weighted by Gasteiger charge is 2.23. The van der Waals surface area contributed by atoms with Crippen molar-refractivity contribution < 1.29 is 23.9 Å². The van der Waals surface area contributed by atoms with E-state index in [1.165, 1.54) is 13.8 Å². The number of nitrogens with one attached hydrogen (secondary N) is 1. The molecule has 0 spiro atoms. The summed E-state index contributed by atoms with van der Waals surface area (Å²) >= 11 is 0. The smallest absolute Gasteiger partial charge is 0.338 e. The number of anilines is 2. The number of ketones is 1. The maximum atomic E-state index is 12.3. The molecule has 2 aromatic carbocycles. The lowest BCUT2D eigenvalue weighted by Crippen LogP contribution is -2.30. The summed E-state index contributed by atoms with van der Waals surface area (Å²) in [5.41, 5.74) is 1.95. The van der Waals surface area contributed by atoms with Gasteiger partial charge in [0.2, 0.25) is 5.91 Å². The minimum Gasteiger partial charge on any atom is -0.449 e. The van der Waals surface area contributed by atoms with Gasteiger partial charge in [-0.2, -0.15) is 0 Å². The van der Waals surface area contributed by atoms with E-state index in [0.717, 1.165) is 12.1 Å². The molecule has 1 fully saturated rings. The fraction of sp³-hybridized carbons (Fsp3) is 0.273. The number of amides is 2. The standard InChI is InChI=1S/C22H22N2O5/c1-14(25)17-5-3-6-18(13-17)23-21(27)15(2)29-22(28)16-8-10-19(11-9-16)24-12-4-7-20(24)26/h3,5-6,8-11,13,15H,4,7,12H2,1-2H3,(H,23,27)/t15-/m1/s1. The Labute approximate surface area is 168 Å². The number of ether oxygens (including phenoxy) is 1. The first-order valence-corrected chi connectivity index (χ1v) is 9.38. The van der Waals surface area contributed by atoms with Crippen LogP contribution < -0.4 is 10.2 Å². The largest absolute Gasteiger partial charge is 0.449 e. The van der Waals surface area contributed by atoms with Crippen LogP contribution in [0.25, 0.3) is 0 Å². The number of nitrogens with zero attached hydrogens (tertiary/aromatic N) is 1. The molecule has 7 nitrogen and oxygen atoms in total. The Kier molecular flexibility index (Phi) is 6.07. The molecule has 7 heteroatoms. The van der Waals surface area contributed by atoms with Crippen molar-refractivity contribution in [3.05, 3.63) is 59.7 Å². The van der Waals surface area contributed by atoms with Gasteiger partial charge in [-0.3, -0.25) is 14.4 Å². The number of esters is 1. The minimum atomic E-state index is -1.02. The molecule has 0 aromatic heterocycles. The highest BCUT2D eigenvalue weighted by Crippen LogP contribution is 2.22. The van der Waals surface area contributed by atoms with Gasteiger partial charge in [0.05, 0.1) is 5.56 Å². The highest BCUT2D eigenvalue weighted by molar-refractivity contribution is 6.00. The summed E-state index contributed by atoms with van der Waals surface area (Å²) in [7, 11) is 0. The van der Waals surface area contributed by atoms with E-state index < -0.39 is 18.0 Å². The Morgan fingerprint density at radius 3 is 2.41 bits per heavy atom. The molecule has 150 valence electrons. The minimum absolute atomic E-state index is 0.0689. The zero-order valence-corrected chi connectivity index (χ0v) is 16.3. The Hall–Kier alpha value is -3.48. The lowest BCUT2D eigenvalue weighted by Gasteiger charge is -2.16. The molecule has 1 aliphatic rings. The van der Waals surface area contributed by atoms with Crippen molar-refractivity contribution in [3.63, 3.8) is 0 Å². The second-order valence-electron chi connectivity index (χ2n) is 6.87. The molecule has 1 atom stereocenters. The summed E-state index contributed by atoms with van der Waals surface area (Å²) in [4.78, 5) is 49.5. The first-order chi connectivity index (χ1) is 13.8. The van der Waals surface area contributed by atoms with Gasteiger partial charge < -0.3 is 15.0 Å². The number of Topliss-reactive ketones (excluding diaryl/α,β-unsaturated/α-hetero) is 1. The van der Waals surface area contributed by atoms with Crippen LogP contribution in [-0.4, -0.2) is 36.2 Å². The third-order valence-corrected chi connectivity index (χ3v) is 4.68. The fourth-order valence-electron chi connectivity index (χ4n) is 3.04. The normalized spacial score (nSPS) is 14.4. The van der Waals surface area contributed by atoms with Crippen LogP contribution in [0.4, 0.5) is 11.4 Å². The number of carbonyl (C=O) groups excluding carboxylic acids is 4. The van der Waals surface area contributed by atoms with Crippen molar-refractivity contribution in [2.24, 2.45) is 0 Å². The van der Waals surface area contributed by atoms with E-state index in [2.05, 4.69) is 5.32 Å². The van der Waals surface area contributed by atoms with Crippen molar-refractivity contribution in [3.8, 4) is 0 Å². The van der Waals surface area contributed by atoms with E-state index in [4.69, 9.17) is 4.74 Å². The predicted molar refractivity (Wildman–Crippen MR) is 108 cm³/mol. The van der Waals surface area contributed by atoms with Gasteiger partial charge in [0, 0.05) is 29.9 Å². The van der Waals surface area contributed by atoms with Crippen LogP contribution in [0.1, 0.15) is 47.4 Å². The van der Waals surface area contributed by atoms with Gasteiger partial charge in [0.25, 0.3) is 5.91 Å². The topological polar surface area (TPSA) is 92.8 Å². The molecule has 0 bridgehead atoms. The maximum Gasteiger partial charge on any atom is 0.338 e. The molecule has 1 heterocycles. The van der Waals surface area contributed by atoms with E-state index in [1.807, 2.05) is 0 Å². The Morgan fingerprint density at radius 2 is 1.79 bits per heavy atom. The first kappa shape index (κ1) is 20.3. The molecule has 1 aliphatic heterocycles. The van der Waals surface area contributed by atoms with E-state index in [1.54, 1.807) is 53.4 Å². The van der Waals surface area contributed by atoms with E-state index in [-0.39, 0.29) is 11.7 Å². The monoisotopic (exact) mass is 394 g/mol. The Bertz CT molecular complexity index is 952. The molecule has 29 heavy (non-hydrogen) atoms. The van der Waals surface area contributed by atoms with Gasteiger partial charge >= 0.3 is 5.97 Å². The summed E-state index contributed by atoms with van der Waals surface area (Å²) in [6.45, 7) is 3.58. The van der Waals surface area contributed by atoms with Crippen molar-refractivity contribution in [2.75, 3.05) is 16.8 Å². The molecule has 1 saturated heterocycles. The number of hydrogen-bond donors (Lipinski definition) is 1. The molecule has 0 unspecified atom stereocenters. The summed E-state index contributed by atoms with van der Waals surface area (Å²) in [5.74, 6) is -1.18. The van der Waals surface area contributed by atoms with Crippen molar-refractivity contribution >= 4 is 34.9 Å². The summed E-state index contributed by atoms with van der Waals surface area (Å²) in [5, 5.41) is 2.63. The first-order valence-electron chi connectivity index (χ1n) is 9.38. The average Bonchev–Trinajstić information content (AvgIpc) is 3.14. The van der Waals surface area contributed by atoms with Crippen LogP contribution in [0.2, 0.25) is 0 Å². The van der Waals surface area contributed by atoms with Crippen LogP contribution in [0.15, 0.2) is 48.5 Å². The second kappa shape index (κ2) is 8.68. The molecule has 0 saturated carbocycles. The Balaban J connectivity index is 1.59. The van der Waals surface area contributed by atoms with Gasteiger partial charge in [0.15, 0.2) is 11.9 Å². The second-order valence-corrected chi connectivity index (χ2v) is 6.87. The average molecular weight is 394 g/mol.